The summed E-state index contributed by atoms with van der Waals surface area (Å²) in [7, 11) is -0.676. The minimum atomic E-state index is -3.53. The third-order valence-corrected chi connectivity index (χ3v) is 4.04. The van der Waals surface area contributed by atoms with Crippen molar-refractivity contribution >= 4 is 15.9 Å². The Hall–Kier alpha value is -1.44. The summed E-state index contributed by atoms with van der Waals surface area (Å²) in [6.45, 7) is 3.48. The first-order valence-electron chi connectivity index (χ1n) is 5.72. The molecular weight excluding hydrogens is 268 g/mol. The van der Waals surface area contributed by atoms with Crippen LogP contribution < -0.4 is 4.72 Å². The van der Waals surface area contributed by atoms with Crippen molar-refractivity contribution in [1.29, 1.82) is 0 Å². The Balaban J connectivity index is 2.97. The van der Waals surface area contributed by atoms with Crippen LogP contribution in [0.3, 0.4) is 0 Å². The van der Waals surface area contributed by atoms with E-state index < -0.39 is 10.0 Å². The Labute approximate surface area is 113 Å². The molecule has 0 heterocycles. The summed E-state index contributed by atoms with van der Waals surface area (Å²) in [5.41, 5.74) is 0.354. The van der Waals surface area contributed by atoms with E-state index in [0.717, 1.165) is 5.06 Å². The second-order valence-corrected chi connectivity index (χ2v) is 6.00. The summed E-state index contributed by atoms with van der Waals surface area (Å²) < 4.78 is 26.2. The summed E-state index contributed by atoms with van der Waals surface area (Å²) >= 11 is 0. The van der Waals surface area contributed by atoms with Gasteiger partial charge in [0.1, 0.15) is 0 Å². The number of hydrogen-bond acceptors (Lipinski definition) is 4. The van der Waals surface area contributed by atoms with Crippen LogP contribution in [0.4, 0.5) is 0 Å². The van der Waals surface area contributed by atoms with Crippen molar-refractivity contribution in [2.24, 2.45) is 0 Å². The summed E-state index contributed by atoms with van der Waals surface area (Å²) in [4.78, 5) is 16.6. The van der Waals surface area contributed by atoms with Crippen molar-refractivity contribution in [2.75, 3.05) is 14.2 Å². The zero-order valence-corrected chi connectivity index (χ0v) is 12.2. The number of hydrogen-bond donors (Lipinski definition) is 1. The number of rotatable bonds is 5. The Morgan fingerprint density at radius 2 is 1.79 bits per heavy atom. The predicted octanol–water partition coefficient (Wildman–Crippen LogP) is 1.01. The first-order valence-corrected chi connectivity index (χ1v) is 7.21. The van der Waals surface area contributed by atoms with E-state index >= 15 is 0 Å². The second-order valence-electron chi connectivity index (χ2n) is 4.29. The maximum absolute atomic E-state index is 11.9. The number of benzene rings is 1. The van der Waals surface area contributed by atoms with Crippen LogP contribution in [0, 0.1) is 0 Å². The van der Waals surface area contributed by atoms with Crippen LogP contribution in [0.5, 0.6) is 0 Å². The van der Waals surface area contributed by atoms with E-state index in [0.29, 0.717) is 5.56 Å². The molecule has 1 aromatic rings. The molecule has 0 aliphatic rings. The van der Waals surface area contributed by atoms with Gasteiger partial charge in [-0.1, -0.05) is 0 Å². The highest BCUT2D eigenvalue weighted by molar-refractivity contribution is 7.89. The molecule has 0 fully saturated rings. The molecule has 0 unspecified atom stereocenters. The van der Waals surface area contributed by atoms with Crippen molar-refractivity contribution < 1.29 is 18.0 Å². The van der Waals surface area contributed by atoms with Gasteiger partial charge in [0.05, 0.1) is 12.0 Å². The van der Waals surface area contributed by atoms with Gasteiger partial charge in [0.25, 0.3) is 5.91 Å². The average molecular weight is 286 g/mol. The fraction of sp³-hybridized carbons (Fsp3) is 0.417. The standard InChI is InChI=1S/C12H18N2O4S/c1-9(2)13-19(16,17)11-7-5-10(6-8-11)12(15)14(3)18-4/h5-9,13H,1-4H3. The van der Waals surface area contributed by atoms with Gasteiger partial charge in [-0.05, 0) is 38.1 Å². The van der Waals surface area contributed by atoms with Gasteiger partial charge in [0, 0.05) is 18.7 Å². The molecule has 0 saturated heterocycles. The third kappa shape index (κ3) is 4.02. The van der Waals surface area contributed by atoms with Crippen LogP contribution in [0.1, 0.15) is 24.2 Å². The Morgan fingerprint density at radius 3 is 2.21 bits per heavy atom. The van der Waals surface area contributed by atoms with Gasteiger partial charge in [0.2, 0.25) is 10.0 Å². The lowest BCUT2D eigenvalue weighted by molar-refractivity contribution is -0.0757. The van der Waals surface area contributed by atoms with E-state index in [-0.39, 0.29) is 16.8 Å². The topological polar surface area (TPSA) is 75.7 Å². The van der Waals surface area contributed by atoms with Crippen LogP contribution in [0.2, 0.25) is 0 Å². The van der Waals surface area contributed by atoms with Crippen LogP contribution in [-0.4, -0.2) is 39.6 Å². The highest BCUT2D eigenvalue weighted by Gasteiger charge is 2.17. The molecule has 1 N–H and O–H groups in total. The fourth-order valence-electron chi connectivity index (χ4n) is 1.42. The van der Waals surface area contributed by atoms with Gasteiger partial charge in [-0.15, -0.1) is 0 Å². The molecule has 0 aliphatic heterocycles. The van der Waals surface area contributed by atoms with Crippen LogP contribution >= 0.6 is 0 Å². The largest absolute Gasteiger partial charge is 0.277 e. The summed E-state index contributed by atoms with van der Waals surface area (Å²) in [5.74, 6) is -0.344. The molecule has 106 valence electrons. The number of carbonyl (C=O) groups excluding carboxylic acids is 1. The zero-order valence-electron chi connectivity index (χ0n) is 11.4. The smallest absolute Gasteiger partial charge is 0.274 e. The first kappa shape index (κ1) is 15.6. The van der Waals surface area contributed by atoms with Crippen LogP contribution in [0.25, 0.3) is 0 Å². The van der Waals surface area contributed by atoms with E-state index in [1.165, 1.54) is 38.4 Å². The molecule has 6 nitrogen and oxygen atoms in total. The van der Waals surface area contributed by atoms with E-state index in [4.69, 9.17) is 4.84 Å². The second kappa shape index (κ2) is 6.14. The lowest BCUT2D eigenvalue weighted by Crippen LogP contribution is -2.30. The normalized spacial score (nSPS) is 11.6. The van der Waals surface area contributed by atoms with E-state index in [1.807, 2.05) is 0 Å². The van der Waals surface area contributed by atoms with Gasteiger partial charge in [-0.2, -0.15) is 0 Å². The monoisotopic (exact) mass is 286 g/mol. The van der Waals surface area contributed by atoms with Gasteiger partial charge in [-0.3, -0.25) is 9.63 Å². The third-order valence-electron chi connectivity index (χ3n) is 2.36. The van der Waals surface area contributed by atoms with Gasteiger partial charge in [-0.25, -0.2) is 18.2 Å². The van der Waals surface area contributed by atoms with E-state index in [9.17, 15) is 13.2 Å². The quantitative estimate of drug-likeness (QED) is 0.820. The van der Waals surface area contributed by atoms with E-state index in [1.54, 1.807) is 13.8 Å². The van der Waals surface area contributed by atoms with Gasteiger partial charge >= 0.3 is 0 Å². The molecule has 19 heavy (non-hydrogen) atoms. The number of nitrogens with zero attached hydrogens (tertiary/aromatic N) is 1. The maximum atomic E-state index is 11.9. The fourth-order valence-corrected chi connectivity index (χ4v) is 2.67. The van der Waals surface area contributed by atoms with E-state index in [2.05, 4.69) is 4.72 Å². The Morgan fingerprint density at radius 1 is 1.26 bits per heavy atom. The molecule has 0 aromatic heterocycles. The maximum Gasteiger partial charge on any atom is 0.277 e. The molecule has 1 amide bonds. The Bertz CT molecular complexity index is 537. The van der Waals surface area contributed by atoms with Crippen molar-refractivity contribution in [1.82, 2.24) is 9.79 Å². The van der Waals surface area contributed by atoms with Crippen molar-refractivity contribution in [2.45, 2.75) is 24.8 Å². The van der Waals surface area contributed by atoms with Crippen LogP contribution in [0.15, 0.2) is 29.2 Å². The highest BCUT2D eigenvalue weighted by atomic mass is 32.2. The summed E-state index contributed by atoms with van der Waals surface area (Å²) in [6, 6.07) is 5.49. The number of nitrogens with one attached hydrogen (secondary N) is 1. The molecule has 1 aromatic carbocycles. The minimum Gasteiger partial charge on any atom is -0.274 e. The molecule has 0 saturated carbocycles. The number of sulfonamides is 1. The molecule has 7 heteroatoms. The molecule has 0 spiro atoms. The molecule has 0 radical (unpaired) electrons. The average Bonchev–Trinajstić information content (AvgIpc) is 2.35. The van der Waals surface area contributed by atoms with Crippen molar-refractivity contribution in [3.8, 4) is 0 Å². The van der Waals surface area contributed by atoms with Crippen LogP contribution in [-0.2, 0) is 14.9 Å². The lowest BCUT2D eigenvalue weighted by atomic mass is 10.2. The molecule has 1 rings (SSSR count). The molecular formula is C12H18N2O4S. The van der Waals surface area contributed by atoms with Crippen molar-refractivity contribution in [3.05, 3.63) is 29.8 Å². The summed E-state index contributed by atoms with van der Waals surface area (Å²) in [5, 5.41) is 1.07. The van der Waals surface area contributed by atoms with Crippen molar-refractivity contribution in [3.63, 3.8) is 0 Å². The summed E-state index contributed by atoms with van der Waals surface area (Å²) in [6.07, 6.45) is 0. The predicted molar refractivity (Wildman–Crippen MR) is 71.0 cm³/mol. The highest BCUT2D eigenvalue weighted by Crippen LogP contribution is 2.12. The zero-order chi connectivity index (χ0) is 14.6. The van der Waals surface area contributed by atoms with Gasteiger partial charge < -0.3 is 0 Å². The SMILES string of the molecule is CON(C)C(=O)c1ccc(S(=O)(=O)NC(C)C)cc1. The molecule has 0 bridgehead atoms. The number of hydroxylamine groups is 2. The number of amides is 1. The molecule has 0 atom stereocenters. The lowest BCUT2D eigenvalue weighted by Gasteiger charge is -2.14. The van der Waals surface area contributed by atoms with Gasteiger partial charge in [0.15, 0.2) is 0 Å². The number of carbonyl (C=O) groups is 1. The first-order chi connectivity index (χ1) is 8.77. The molecule has 0 aliphatic carbocycles. The Kier molecular flexibility index (Phi) is 5.04. The minimum absolute atomic E-state index is 0.123.